The molecule has 0 radical (unpaired) electrons. The summed E-state index contributed by atoms with van der Waals surface area (Å²) in [7, 11) is 0. The number of aryl methyl sites for hydroxylation is 1. The zero-order valence-corrected chi connectivity index (χ0v) is 15.0. The highest BCUT2D eigenvalue weighted by molar-refractivity contribution is 6.34. The van der Waals surface area contributed by atoms with E-state index in [1.165, 1.54) is 0 Å². The Labute approximate surface area is 150 Å². The standard InChI is InChI=1S/C17H18Cl2N4O/c1-3-15-16(8-13-9-20-10-21-13)22-23(4-2)17(15)24-14-6-11(18)5-12(19)7-14/h5-7,9-10H,3-4,8H2,1-2H3,(H,20,21). The number of benzene rings is 1. The van der Waals surface area contributed by atoms with Gasteiger partial charge < -0.3 is 9.72 Å². The number of imidazole rings is 1. The first kappa shape index (κ1) is 16.9. The van der Waals surface area contributed by atoms with Gasteiger partial charge in [0.25, 0.3) is 0 Å². The van der Waals surface area contributed by atoms with Gasteiger partial charge in [0.2, 0.25) is 5.88 Å². The van der Waals surface area contributed by atoms with Crippen LogP contribution in [0.3, 0.4) is 0 Å². The molecule has 0 bridgehead atoms. The van der Waals surface area contributed by atoms with Crippen LogP contribution >= 0.6 is 23.2 Å². The first-order valence-corrected chi connectivity index (χ1v) is 8.56. The van der Waals surface area contributed by atoms with Crippen molar-refractivity contribution in [3.05, 3.63) is 57.7 Å². The fraction of sp³-hybridized carbons (Fsp3) is 0.294. The van der Waals surface area contributed by atoms with Gasteiger partial charge in [0.15, 0.2) is 0 Å². The summed E-state index contributed by atoms with van der Waals surface area (Å²) in [5.41, 5.74) is 3.07. The minimum atomic E-state index is 0.538. The Kier molecular flexibility index (Phi) is 5.11. The van der Waals surface area contributed by atoms with E-state index in [4.69, 9.17) is 33.0 Å². The minimum Gasteiger partial charge on any atom is -0.439 e. The van der Waals surface area contributed by atoms with E-state index in [0.717, 1.165) is 29.3 Å². The quantitative estimate of drug-likeness (QED) is 0.677. The Morgan fingerprint density at radius 3 is 2.50 bits per heavy atom. The molecule has 0 fully saturated rings. The lowest BCUT2D eigenvalue weighted by molar-refractivity contribution is 0.412. The number of rotatable bonds is 6. The van der Waals surface area contributed by atoms with Gasteiger partial charge in [-0.25, -0.2) is 9.67 Å². The molecule has 0 aliphatic rings. The predicted octanol–water partition coefficient (Wildman–Crippen LogP) is 4.88. The lowest BCUT2D eigenvalue weighted by atomic mass is 10.1. The van der Waals surface area contributed by atoms with Crippen molar-refractivity contribution in [2.75, 3.05) is 0 Å². The van der Waals surface area contributed by atoms with Crippen LogP contribution in [0.5, 0.6) is 11.6 Å². The molecule has 7 heteroatoms. The van der Waals surface area contributed by atoms with Crippen LogP contribution in [0.1, 0.15) is 30.8 Å². The maximum Gasteiger partial charge on any atom is 0.221 e. The summed E-state index contributed by atoms with van der Waals surface area (Å²) < 4.78 is 7.95. The van der Waals surface area contributed by atoms with Crippen molar-refractivity contribution in [2.24, 2.45) is 0 Å². The first-order valence-electron chi connectivity index (χ1n) is 7.80. The van der Waals surface area contributed by atoms with Gasteiger partial charge in [-0.05, 0) is 31.5 Å². The van der Waals surface area contributed by atoms with Crippen LogP contribution < -0.4 is 4.74 Å². The molecule has 0 atom stereocenters. The van der Waals surface area contributed by atoms with Gasteiger partial charge in [-0.1, -0.05) is 30.1 Å². The topological polar surface area (TPSA) is 55.7 Å². The highest BCUT2D eigenvalue weighted by atomic mass is 35.5. The molecule has 0 saturated heterocycles. The molecular formula is C17H18Cl2N4O. The van der Waals surface area contributed by atoms with E-state index < -0.39 is 0 Å². The Hall–Kier alpha value is -1.98. The highest BCUT2D eigenvalue weighted by Gasteiger charge is 2.19. The minimum absolute atomic E-state index is 0.538. The maximum absolute atomic E-state index is 6.09. The third-order valence-electron chi connectivity index (χ3n) is 3.70. The van der Waals surface area contributed by atoms with Crippen molar-refractivity contribution in [3.8, 4) is 11.6 Å². The Bertz CT molecular complexity index is 807. The molecule has 0 saturated carbocycles. The summed E-state index contributed by atoms with van der Waals surface area (Å²) in [6.45, 7) is 4.83. The Balaban J connectivity index is 1.97. The van der Waals surface area contributed by atoms with Crippen LogP contribution in [0.25, 0.3) is 0 Å². The number of hydrogen-bond acceptors (Lipinski definition) is 3. The molecule has 1 N–H and O–H groups in total. The lowest BCUT2D eigenvalue weighted by Gasteiger charge is -2.10. The second-order valence-corrected chi connectivity index (χ2v) is 6.23. The lowest BCUT2D eigenvalue weighted by Crippen LogP contribution is -2.01. The summed E-state index contributed by atoms with van der Waals surface area (Å²) in [6, 6.07) is 5.17. The SMILES string of the molecule is CCc1c(Cc2cnc[nH]2)nn(CC)c1Oc1cc(Cl)cc(Cl)c1. The van der Waals surface area contributed by atoms with Gasteiger partial charge in [-0.15, -0.1) is 0 Å². The highest BCUT2D eigenvalue weighted by Crippen LogP contribution is 2.32. The monoisotopic (exact) mass is 364 g/mol. The summed E-state index contributed by atoms with van der Waals surface area (Å²) in [5.74, 6) is 1.33. The van der Waals surface area contributed by atoms with Gasteiger partial charge in [0.1, 0.15) is 5.75 Å². The number of halogens is 2. The molecule has 0 spiro atoms. The Morgan fingerprint density at radius 1 is 1.17 bits per heavy atom. The van der Waals surface area contributed by atoms with Crippen molar-refractivity contribution in [1.82, 2.24) is 19.7 Å². The smallest absolute Gasteiger partial charge is 0.221 e. The number of hydrogen-bond donors (Lipinski definition) is 1. The number of nitrogens with zero attached hydrogens (tertiary/aromatic N) is 3. The molecule has 1 aromatic carbocycles. The van der Waals surface area contributed by atoms with E-state index in [2.05, 4.69) is 16.9 Å². The maximum atomic E-state index is 6.09. The third kappa shape index (κ3) is 3.57. The van der Waals surface area contributed by atoms with Crippen LogP contribution in [0.2, 0.25) is 10.0 Å². The zero-order chi connectivity index (χ0) is 17.1. The van der Waals surface area contributed by atoms with Crippen molar-refractivity contribution in [2.45, 2.75) is 33.2 Å². The summed E-state index contributed by atoms with van der Waals surface area (Å²) >= 11 is 12.1. The number of ether oxygens (including phenoxy) is 1. The number of aromatic nitrogens is 4. The molecule has 0 aliphatic carbocycles. The molecule has 2 heterocycles. The van der Waals surface area contributed by atoms with Crippen LogP contribution in [-0.2, 0) is 19.4 Å². The molecular weight excluding hydrogens is 347 g/mol. The third-order valence-corrected chi connectivity index (χ3v) is 4.14. The fourth-order valence-electron chi connectivity index (χ4n) is 2.62. The number of aromatic amines is 1. The first-order chi connectivity index (χ1) is 11.6. The van der Waals surface area contributed by atoms with Crippen LogP contribution in [0, 0.1) is 0 Å². The molecule has 126 valence electrons. The van der Waals surface area contributed by atoms with Gasteiger partial charge in [0.05, 0.1) is 12.0 Å². The van der Waals surface area contributed by atoms with E-state index >= 15 is 0 Å². The molecule has 24 heavy (non-hydrogen) atoms. The number of H-pyrrole nitrogens is 1. The van der Waals surface area contributed by atoms with Crippen LogP contribution in [0.15, 0.2) is 30.7 Å². The molecule has 2 aromatic heterocycles. The average molecular weight is 365 g/mol. The predicted molar refractivity (Wildman–Crippen MR) is 95.2 cm³/mol. The van der Waals surface area contributed by atoms with Crippen molar-refractivity contribution < 1.29 is 4.74 Å². The van der Waals surface area contributed by atoms with Gasteiger partial charge >= 0.3 is 0 Å². The zero-order valence-electron chi connectivity index (χ0n) is 13.5. The van der Waals surface area contributed by atoms with E-state index in [-0.39, 0.29) is 0 Å². The van der Waals surface area contributed by atoms with E-state index in [9.17, 15) is 0 Å². The van der Waals surface area contributed by atoms with Gasteiger partial charge in [-0.3, -0.25) is 0 Å². The van der Waals surface area contributed by atoms with Crippen molar-refractivity contribution >= 4 is 23.2 Å². The molecule has 5 nitrogen and oxygen atoms in total. The largest absolute Gasteiger partial charge is 0.439 e. The molecule has 0 amide bonds. The summed E-state index contributed by atoms with van der Waals surface area (Å²) in [4.78, 5) is 7.17. The average Bonchev–Trinajstić information content (AvgIpc) is 3.14. The van der Waals surface area contributed by atoms with Crippen molar-refractivity contribution in [1.29, 1.82) is 0 Å². The van der Waals surface area contributed by atoms with Gasteiger partial charge in [0, 0.05) is 40.5 Å². The summed E-state index contributed by atoms with van der Waals surface area (Å²) in [6.07, 6.45) is 4.97. The molecule has 0 unspecified atom stereocenters. The second kappa shape index (κ2) is 7.28. The molecule has 0 aliphatic heterocycles. The van der Waals surface area contributed by atoms with Crippen molar-refractivity contribution in [3.63, 3.8) is 0 Å². The fourth-order valence-corrected chi connectivity index (χ4v) is 3.12. The normalized spacial score (nSPS) is 11.0. The number of nitrogens with one attached hydrogen (secondary N) is 1. The van der Waals surface area contributed by atoms with E-state index in [1.807, 2.05) is 17.8 Å². The van der Waals surface area contributed by atoms with Crippen LogP contribution in [0.4, 0.5) is 0 Å². The Morgan fingerprint density at radius 2 is 1.92 bits per heavy atom. The van der Waals surface area contributed by atoms with E-state index in [1.54, 1.807) is 24.5 Å². The van der Waals surface area contributed by atoms with Crippen LogP contribution in [-0.4, -0.2) is 19.7 Å². The van der Waals surface area contributed by atoms with E-state index in [0.29, 0.717) is 28.8 Å². The second-order valence-electron chi connectivity index (χ2n) is 5.36. The molecule has 3 rings (SSSR count). The van der Waals surface area contributed by atoms with Gasteiger partial charge in [-0.2, -0.15) is 5.10 Å². The molecule has 3 aromatic rings. The summed E-state index contributed by atoms with van der Waals surface area (Å²) in [5, 5.41) is 5.77.